The molecule has 1 rings (SSSR count). The fourth-order valence-electron chi connectivity index (χ4n) is 2.75. The number of likely N-dealkylation sites (N-methyl/N-ethyl adjacent to an activating group) is 1. The summed E-state index contributed by atoms with van der Waals surface area (Å²) in [6, 6.07) is 0.233. The second kappa shape index (κ2) is 7.22. The van der Waals surface area contributed by atoms with Gasteiger partial charge in [-0.15, -0.1) is 0 Å². The van der Waals surface area contributed by atoms with Gasteiger partial charge in [-0.05, 0) is 53.6 Å². The number of hydrogen-bond donors (Lipinski definition) is 2. The Kier molecular flexibility index (Phi) is 6.23. The van der Waals surface area contributed by atoms with Crippen LogP contribution in [0.1, 0.15) is 40.0 Å². The lowest BCUT2D eigenvalue weighted by Crippen LogP contribution is -2.53. The maximum absolute atomic E-state index is 11.3. The first kappa shape index (κ1) is 16.4. The zero-order valence-corrected chi connectivity index (χ0v) is 12.6. The lowest BCUT2D eigenvalue weighted by Gasteiger charge is -2.39. The molecule has 0 aromatic carbocycles. The van der Waals surface area contributed by atoms with Gasteiger partial charge in [-0.2, -0.15) is 0 Å². The molecule has 19 heavy (non-hydrogen) atoms. The van der Waals surface area contributed by atoms with E-state index in [9.17, 15) is 9.90 Å². The largest absolute Gasteiger partial charge is 0.480 e. The van der Waals surface area contributed by atoms with E-state index in [0.717, 1.165) is 32.5 Å². The molecule has 0 bridgehead atoms. The molecule has 2 N–H and O–H groups in total. The number of likely N-dealkylation sites (tertiary alicyclic amines) is 1. The molecule has 1 heterocycles. The Hall–Kier alpha value is -0.650. The topological polar surface area (TPSA) is 61.8 Å². The van der Waals surface area contributed by atoms with Crippen LogP contribution in [-0.4, -0.2) is 60.4 Å². The van der Waals surface area contributed by atoms with Gasteiger partial charge in [-0.25, -0.2) is 0 Å². The third-order valence-electron chi connectivity index (χ3n) is 4.16. The summed E-state index contributed by atoms with van der Waals surface area (Å²) in [4.78, 5) is 13.7. The Morgan fingerprint density at radius 3 is 2.84 bits per heavy atom. The predicted octanol–water partition coefficient (Wildman–Crippen LogP) is 1.33. The van der Waals surface area contributed by atoms with Crippen LogP contribution in [0.5, 0.6) is 0 Å². The lowest BCUT2D eigenvalue weighted by molar-refractivity contribution is -0.145. The Balaban J connectivity index is 2.57. The average Bonchev–Trinajstić information content (AvgIpc) is 2.39. The number of piperidine rings is 1. The van der Waals surface area contributed by atoms with E-state index in [1.165, 1.54) is 0 Å². The van der Waals surface area contributed by atoms with Crippen molar-refractivity contribution in [3.8, 4) is 0 Å². The number of carbonyl (C=O) groups is 1. The maximum atomic E-state index is 11.3. The Morgan fingerprint density at radius 1 is 1.63 bits per heavy atom. The standard InChI is InChI=1S/C14H28N2O3/c1-5-19-12-7-6-8-16(10-12)11(2)9-14(3,15-4)13(17)18/h11-12,15H,5-10H2,1-4H3,(H,17,18). The normalized spacial score (nSPS) is 25.8. The van der Waals surface area contributed by atoms with E-state index < -0.39 is 11.5 Å². The van der Waals surface area contributed by atoms with Crippen molar-refractivity contribution in [3.63, 3.8) is 0 Å². The lowest BCUT2D eigenvalue weighted by atomic mass is 9.92. The van der Waals surface area contributed by atoms with E-state index in [-0.39, 0.29) is 6.04 Å². The number of ether oxygens (including phenoxy) is 1. The molecule has 5 heteroatoms. The molecule has 0 radical (unpaired) electrons. The summed E-state index contributed by atoms with van der Waals surface area (Å²) in [5.74, 6) is -0.791. The van der Waals surface area contributed by atoms with Crippen molar-refractivity contribution < 1.29 is 14.6 Å². The number of carboxylic acid groups (broad SMARTS) is 1. The van der Waals surface area contributed by atoms with E-state index in [1.807, 2.05) is 6.92 Å². The summed E-state index contributed by atoms with van der Waals surface area (Å²) in [5.41, 5.74) is -0.863. The monoisotopic (exact) mass is 272 g/mol. The van der Waals surface area contributed by atoms with Crippen molar-refractivity contribution in [2.75, 3.05) is 26.7 Å². The number of aliphatic carboxylic acids is 1. The highest BCUT2D eigenvalue weighted by molar-refractivity contribution is 5.78. The number of nitrogens with zero attached hydrogens (tertiary/aromatic N) is 1. The Bertz CT molecular complexity index is 296. The number of rotatable bonds is 7. The molecule has 0 saturated carbocycles. The molecule has 3 unspecified atom stereocenters. The van der Waals surface area contributed by atoms with Gasteiger partial charge in [0, 0.05) is 19.2 Å². The summed E-state index contributed by atoms with van der Waals surface area (Å²) < 4.78 is 5.69. The molecular weight excluding hydrogens is 244 g/mol. The fourth-order valence-corrected chi connectivity index (χ4v) is 2.75. The smallest absolute Gasteiger partial charge is 0.323 e. The molecule has 112 valence electrons. The number of hydrogen-bond acceptors (Lipinski definition) is 4. The minimum absolute atomic E-state index is 0.233. The van der Waals surface area contributed by atoms with E-state index in [2.05, 4.69) is 17.1 Å². The van der Waals surface area contributed by atoms with Crippen LogP contribution in [0.4, 0.5) is 0 Å². The highest BCUT2D eigenvalue weighted by Crippen LogP contribution is 2.21. The molecule has 1 saturated heterocycles. The second-order valence-corrected chi connectivity index (χ2v) is 5.65. The molecule has 1 aliphatic heterocycles. The van der Waals surface area contributed by atoms with Crippen LogP contribution in [-0.2, 0) is 9.53 Å². The number of nitrogens with one attached hydrogen (secondary N) is 1. The third-order valence-corrected chi connectivity index (χ3v) is 4.16. The molecule has 0 spiro atoms. The van der Waals surface area contributed by atoms with Crippen LogP contribution in [0.15, 0.2) is 0 Å². The molecule has 5 nitrogen and oxygen atoms in total. The first-order chi connectivity index (χ1) is 8.92. The first-order valence-electron chi connectivity index (χ1n) is 7.21. The van der Waals surface area contributed by atoms with E-state index in [4.69, 9.17) is 4.74 Å². The predicted molar refractivity (Wildman–Crippen MR) is 75.4 cm³/mol. The zero-order chi connectivity index (χ0) is 14.5. The van der Waals surface area contributed by atoms with Crippen LogP contribution in [0.25, 0.3) is 0 Å². The van der Waals surface area contributed by atoms with Gasteiger partial charge in [0.05, 0.1) is 6.10 Å². The Morgan fingerprint density at radius 2 is 2.32 bits per heavy atom. The van der Waals surface area contributed by atoms with Gasteiger partial charge in [-0.1, -0.05) is 0 Å². The van der Waals surface area contributed by atoms with Crippen molar-refractivity contribution in [3.05, 3.63) is 0 Å². The summed E-state index contributed by atoms with van der Waals surface area (Å²) in [6.45, 7) is 8.56. The summed E-state index contributed by atoms with van der Waals surface area (Å²) in [7, 11) is 1.71. The van der Waals surface area contributed by atoms with Crippen LogP contribution in [0.2, 0.25) is 0 Å². The SMILES string of the molecule is CCOC1CCCN(C(C)CC(C)(NC)C(=O)O)C1. The number of carboxylic acids is 1. The highest BCUT2D eigenvalue weighted by Gasteiger charge is 2.35. The molecule has 1 aliphatic rings. The van der Waals surface area contributed by atoms with E-state index >= 15 is 0 Å². The van der Waals surface area contributed by atoms with Crippen molar-refractivity contribution >= 4 is 5.97 Å². The molecule has 0 aromatic rings. The van der Waals surface area contributed by atoms with Crippen molar-refractivity contribution in [1.82, 2.24) is 10.2 Å². The summed E-state index contributed by atoms with van der Waals surface area (Å²) in [5, 5.41) is 12.2. The minimum Gasteiger partial charge on any atom is -0.480 e. The second-order valence-electron chi connectivity index (χ2n) is 5.65. The third kappa shape index (κ3) is 4.44. The van der Waals surface area contributed by atoms with Crippen LogP contribution in [0, 0.1) is 0 Å². The first-order valence-corrected chi connectivity index (χ1v) is 7.21. The van der Waals surface area contributed by atoms with Gasteiger partial charge in [0.25, 0.3) is 0 Å². The zero-order valence-electron chi connectivity index (χ0n) is 12.6. The summed E-state index contributed by atoms with van der Waals surface area (Å²) in [6.07, 6.45) is 3.13. The van der Waals surface area contributed by atoms with Gasteiger partial charge in [-0.3, -0.25) is 9.69 Å². The highest BCUT2D eigenvalue weighted by atomic mass is 16.5. The summed E-state index contributed by atoms with van der Waals surface area (Å²) >= 11 is 0. The van der Waals surface area contributed by atoms with Crippen LogP contribution < -0.4 is 5.32 Å². The van der Waals surface area contributed by atoms with Gasteiger partial charge in [0.1, 0.15) is 5.54 Å². The van der Waals surface area contributed by atoms with Crippen LogP contribution in [0.3, 0.4) is 0 Å². The fraction of sp³-hybridized carbons (Fsp3) is 0.929. The molecule has 0 amide bonds. The molecule has 1 fully saturated rings. The van der Waals surface area contributed by atoms with Crippen molar-refractivity contribution in [2.45, 2.75) is 57.7 Å². The quantitative estimate of drug-likeness (QED) is 0.732. The maximum Gasteiger partial charge on any atom is 0.323 e. The minimum atomic E-state index is -0.863. The van der Waals surface area contributed by atoms with Gasteiger partial charge >= 0.3 is 5.97 Å². The molecule has 0 aromatic heterocycles. The van der Waals surface area contributed by atoms with E-state index in [0.29, 0.717) is 12.5 Å². The molecule has 0 aliphatic carbocycles. The van der Waals surface area contributed by atoms with E-state index in [1.54, 1.807) is 14.0 Å². The average molecular weight is 272 g/mol. The molecular formula is C14H28N2O3. The van der Waals surface area contributed by atoms with Gasteiger partial charge in [0.2, 0.25) is 0 Å². The van der Waals surface area contributed by atoms with Crippen LogP contribution >= 0.6 is 0 Å². The van der Waals surface area contributed by atoms with Gasteiger partial charge < -0.3 is 15.2 Å². The Labute approximate surface area is 116 Å². The molecule has 3 atom stereocenters. The van der Waals surface area contributed by atoms with Crippen molar-refractivity contribution in [1.29, 1.82) is 0 Å². The van der Waals surface area contributed by atoms with Crippen molar-refractivity contribution in [2.24, 2.45) is 0 Å². The van der Waals surface area contributed by atoms with Gasteiger partial charge in [0.15, 0.2) is 0 Å².